The van der Waals surface area contributed by atoms with E-state index in [0.29, 0.717) is 28.4 Å². The maximum Gasteiger partial charge on any atom is 0.258 e. The van der Waals surface area contributed by atoms with Crippen LogP contribution in [0.1, 0.15) is 10.4 Å². The third-order valence-corrected chi connectivity index (χ3v) is 3.09. The molecule has 0 aliphatic heterocycles. The van der Waals surface area contributed by atoms with Crippen LogP contribution in [0.4, 0.5) is 11.4 Å². The fourth-order valence-corrected chi connectivity index (χ4v) is 1.94. The highest BCUT2D eigenvalue weighted by Gasteiger charge is 2.17. The third kappa shape index (κ3) is 3.05. The number of carbonyl (C=O) groups is 1. The quantitative estimate of drug-likeness (QED) is 0.930. The molecule has 0 saturated carbocycles. The normalized spacial score (nSPS) is 10.0. The van der Waals surface area contributed by atoms with Crippen LogP contribution in [-0.4, -0.2) is 32.2 Å². The van der Waals surface area contributed by atoms with Crippen molar-refractivity contribution in [1.82, 2.24) is 4.98 Å². The average molecular weight is 287 g/mol. The zero-order valence-electron chi connectivity index (χ0n) is 12.2. The Labute approximate surface area is 123 Å². The Kier molecular flexibility index (Phi) is 4.27. The van der Waals surface area contributed by atoms with Crippen LogP contribution in [0.25, 0.3) is 0 Å². The van der Waals surface area contributed by atoms with E-state index in [2.05, 4.69) is 4.98 Å². The lowest BCUT2D eigenvalue weighted by Gasteiger charge is -2.19. The lowest BCUT2D eigenvalue weighted by Crippen LogP contribution is -2.27. The molecule has 21 heavy (non-hydrogen) atoms. The van der Waals surface area contributed by atoms with Crippen molar-refractivity contribution in [3.63, 3.8) is 0 Å². The van der Waals surface area contributed by atoms with Crippen molar-refractivity contribution in [1.29, 1.82) is 0 Å². The Morgan fingerprint density at radius 2 is 1.81 bits per heavy atom. The number of aromatic nitrogens is 1. The molecular weight excluding hydrogens is 270 g/mol. The molecule has 2 N–H and O–H groups in total. The Bertz CT molecular complexity index is 636. The summed E-state index contributed by atoms with van der Waals surface area (Å²) >= 11 is 0. The summed E-state index contributed by atoms with van der Waals surface area (Å²) in [5.41, 5.74) is 7.32. The van der Waals surface area contributed by atoms with Crippen molar-refractivity contribution >= 4 is 17.3 Å². The van der Waals surface area contributed by atoms with Crippen LogP contribution in [0.3, 0.4) is 0 Å². The molecule has 0 saturated heterocycles. The molecule has 0 aliphatic carbocycles. The fourth-order valence-electron chi connectivity index (χ4n) is 1.94. The molecule has 0 radical (unpaired) electrons. The number of nitrogens with two attached hydrogens (primary N) is 1. The van der Waals surface area contributed by atoms with Gasteiger partial charge in [0.1, 0.15) is 11.5 Å². The van der Waals surface area contributed by atoms with Gasteiger partial charge in [0.15, 0.2) is 0 Å². The number of nitrogens with zero attached hydrogens (tertiary/aromatic N) is 2. The first-order valence-electron chi connectivity index (χ1n) is 6.27. The molecule has 1 heterocycles. The van der Waals surface area contributed by atoms with Crippen LogP contribution in [0, 0.1) is 0 Å². The number of amides is 1. The monoisotopic (exact) mass is 287 g/mol. The van der Waals surface area contributed by atoms with Gasteiger partial charge in [-0.15, -0.1) is 0 Å². The largest absolute Gasteiger partial charge is 0.497 e. The van der Waals surface area contributed by atoms with Gasteiger partial charge in [0, 0.05) is 24.9 Å². The summed E-state index contributed by atoms with van der Waals surface area (Å²) in [5, 5.41) is 0. The number of pyridine rings is 1. The molecule has 0 spiro atoms. The summed E-state index contributed by atoms with van der Waals surface area (Å²) in [4.78, 5) is 17.9. The van der Waals surface area contributed by atoms with E-state index in [1.807, 2.05) is 0 Å². The smallest absolute Gasteiger partial charge is 0.258 e. The molecule has 0 unspecified atom stereocenters. The van der Waals surface area contributed by atoms with Crippen molar-refractivity contribution in [3.05, 3.63) is 42.2 Å². The second kappa shape index (κ2) is 6.13. The highest BCUT2D eigenvalue weighted by atomic mass is 16.5. The molecule has 1 aromatic carbocycles. The number of ether oxygens (including phenoxy) is 2. The van der Waals surface area contributed by atoms with E-state index in [1.165, 1.54) is 25.3 Å². The van der Waals surface area contributed by atoms with Crippen molar-refractivity contribution in [3.8, 4) is 11.5 Å². The highest BCUT2D eigenvalue weighted by Crippen LogP contribution is 2.26. The van der Waals surface area contributed by atoms with Gasteiger partial charge in [-0.1, -0.05) is 0 Å². The van der Waals surface area contributed by atoms with Gasteiger partial charge < -0.3 is 20.1 Å². The first-order chi connectivity index (χ1) is 10.1. The number of hydrogen-bond donors (Lipinski definition) is 1. The van der Waals surface area contributed by atoms with Gasteiger partial charge in [-0.3, -0.25) is 9.78 Å². The number of anilines is 2. The van der Waals surface area contributed by atoms with Crippen molar-refractivity contribution < 1.29 is 14.3 Å². The van der Waals surface area contributed by atoms with Crippen molar-refractivity contribution in [2.75, 3.05) is 31.9 Å². The third-order valence-electron chi connectivity index (χ3n) is 3.09. The maximum absolute atomic E-state index is 12.6. The van der Waals surface area contributed by atoms with E-state index in [4.69, 9.17) is 15.2 Å². The van der Waals surface area contributed by atoms with Crippen LogP contribution in [0.2, 0.25) is 0 Å². The highest BCUT2D eigenvalue weighted by molar-refractivity contribution is 6.07. The molecule has 0 bridgehead atoms. The minimum absolute atomic E-state index is 0.217. The number of nitrogen functional groups attached to an aromatic ring is 1. The van der Waals surface area contributed by atoms with Crippen LogP contribution in [0.5, 0.6) is 11.5 Å². The molecule has 0 aliphatic rings. The number of benzene rings is 1. The fraction of sp³-hybridized carbons (Fsp3) is 0.200. The van der Waals surface area contributed by atoms with Gasteiger partial charge in [-0.05, 0) is 18.2 Å². The zero-order valence-corrected chi connectivity index (χ0v) is 12.2. The number of hydrogen-bond acceptors (Lipinski definition) is 5. The van der Waals surface area contributed by atoms with E-state index in [-0.39, 0.29) is 5.91 Å². The summed E-state index contributed by atoms with van der Waals surface area (Å²) in [6.07, 6.45) is 3.09. The lowest BCUT2D eigenvalue weighted by molar-refractivity contribution is 0.0992. The van der Waals surface area contributed by atoms with E-state index in [0.717, 1.165) is 0 Å². The Balaban J connectivity index is 2.37. The topological polar surface area (TPSA) is 77.7 Å². The van der Waals surface area contributed by atoms with Crippen LogP contribution >= 0.6 is 0 Å². The Morgan fingerprint density at radius 1 is 1.19 bits per heavy atom. The number of rotatable bonds is 4. The molecule has 110 valence electrons. The summed E-state index contributed by atoms with van der Waals surface area (Å²) in [6.45, 7) is 0. The van der Waals surface area contributed by atoms with Gasteiger partial charge in [0.2, 0.25) is 0 Å². The Hall–Kier alpha value is -2.76. The predicted octanol–water partition coefficient (Wildman–Crippen LogP) is 1.96. The molecule has 2 rings (SSSR count). The molecule has 6 nitrogen and oxygen atoms in total. The lowest BCUT2D eigenvalue weighted by atomic mass is 10.1. The zero-order chi connectivity index (χ0) is 15.4. The standard InChI is InChI=1S/C15H17N3O3/c1-18(14-4-5-17-9-13(14)16)15(19)10-6-11(20-2)8-12(7-10)21-3/h4-9H,16H2,1-3H3. The molecule has 6 heteroatoms. The number of carbonyl (C=O) groups excluding carboxylic acids is 1. The second-order valence-corrected chi connectivity index (χ2v) is 4.40. The first-order valence-corrected chi connectivity index (χ1v) is 6.27. The minimum Gasteiger partial charge on any atom is -0.497 e. The minimum atomic E-state index is -0.217. The van der Waals surface area contributed by atoms with Crippen molar-refractivity contribution in [2.45, 2.75) is 0 Å². The van der Waals surface area contributed by atoms with Crippen LogP contribution < -0.4 is 20.1 Å². The molecule has 2 aromatic rings. The second-order valence-electron chi connectivity index (χ2n) is 4.40. The van der Waals surface area contributed by atoms with Gasteiger partial charge in [0.05, 0.1) is 31.8 Å². The van der Waals surface area contributed by atoms with Gasteiger partial charge in [0.25, 0.3) is 5.91 Å². The predicted molar refractivity (Wildman–Crippen MR) is 80.9 cm³/mol. The summed E-state index contributed by atoms with van der Waals surface area (Å²) in [5.74, 6) is 0.882. The van der Waals surface area contributed by atoms with Crippen molar-refractivity contribution in [2.24, 2.45) is 0 Å². The Morgan fingerprint density at radius 3 is 2.33 bits per heavy atom. The van der Waals surface area contributed by atoms with E-state index in [9.17, 15) is 4.79 Å². The number of methoxy groups -OCH3 is 2. The summed E-state index contributed by atoms with van der Waals surface area (Å²) in [7, 11) is 4.72. The van der Waals surface area contributed by atoms with Gasteiger partial charge in [-0.2, -0.15) is 0 Å². The molecule has 1 amide bonds. The average Bonchev–Trinajstić information content (AvgIpc) is 2.53. The van der Waals surface area contributed by atoms with E-state index in [1.54, 1.807) is 37.5 Å². The SMILES string of the molecule is COc1cc(OC)cc(C(=O)N(C)c2ccncc2N)c1. The molecule has 0 atom stereocenters. The van der Waals surface area contributed by atoms with Crippen LogP contribution in [-0.2, 0) is 0 Å². The molecular formula is C15H17N3O3. The van der Waals surface area contributed by atoms with E-state index < -0.39 is 0 Å². The maximum atomic E-state index is 12.6. The van der Waals surface area contributed by atoms with Crippen LogP contribution in [0.15, 0.2) is 36.7 Å². The van der Waals surface area contributed by atoms with E-state index >= 15 is 0 Å². The van der Waals surface area contributed by atoms with Gasteiger partial charge >= 0.3 is 0 Å². The first kappa shape index (κ1) is 14.6. The molecule has 1 aromatic heterocycles. The molecule has 0 fully saturated rings. The summed E-state index contributed by atoms with van der Waals surface area (Å²) < 4.78 is 10.3. The van der Waals surface area contributed by atoms with Gasteiger partial charge in [-0.25, -0.2) is 0 Å². The summed E-state index contributed by atoms with van der Waals surface area (Å²) in [6, 6.07) is 6.69.